The molecule has 3 aromatic carbocycles. The van der Waals surface area contributed by atoms with Crippen LogP contribution in [-0.4, -0.2) is 29.6 Å². The van der Waals surface area contributed by atoms with Crippen LogP contribution < -0.4 is 9.47 Å². The number of ether oxygens (including phenoxy) is 2. The number of benzene rings is 3. The lowest BCUT2D eigenvalue weighted by Gasteiger charge is -2.37. The van der Waals surface area contributed by atoms with Crippen LogP contribution in [0.4, 0.5) is 0 Å². The summed E-state index contributed by atoms with van der Waals surface area (Å²) in [7, 11) is 0. The number of nitrogens with zero attached hydrogens (tertiary/aromatic N) is 2. The molecule has 0 unspecified atom stereocenters. The summed E-state index contributed by atoms with van der Waals surface area (Å²) in [6, 6.07) is 18.3. The molecule has 7 heteroatoms. The van der Waals surface area contributed by atoms with Crippen LogP contribution in [0.15, 0.2) is 71.9 Å². The maximum absolute atomic E-state index is 13.2. The summed E-state index contributed by atoms with van der Waals surface area (Å²) in [5, 5.41) is 7.85. The zero-order valence-electron chi connectivity index (χ0n) is 20.9. The van der Waals surface area contributed by atoms with E-state index in [1.807, 2.05) is 37.3 Å². The first-order valence-corrected chi connectivity index (χ1v) is 14.3. The van der Waals surface area contributed by atoms with Gasteiger partial charge in [-0.15, -0.1) is 0 Å². The Morgan fingerprint density at radius 2 is 1.68 bits per heavy atom. The SMILES string of the molecule is CCOc1cc(/C=N\N2C(=O)[C@@H]3[C@H]4C=C[C@@H]([C@@H]5C[C@H]45)[C@H]3C2=O)cc(I)c1OCc1cccc2ccccc12. The third-order valence-electron chi connectivity index (χ3n) is 8.55. The van der Waals surface area contributed by atoms with Crippen molar-refractivity contribution in [1.29, 1.82) is 0 Å². The minimum Gasteiger partial charge on any atom is -0.490 e. The van der Waals surface area contributed by atoms with E-state index in [1.54, 1.807) is 6.21 Å². The number of hydrazone groups is 1. The quantitative estimate of drug-likeness (QED) is 0.145. The molecule has 0 aromatic heterocycles. The molecular formula is C31H27IN2O4. The molecule has 8 rings (SSSR count). The van der Waals surface area contributed by atoms with Crippen LogP contribution in [0.3, 0.4) is 0 Å². The third kappa shape index (κ3) is 3.77. The van der Waals surface area contributed by atoms with E-state index < -0.39 is 0 Å². The van der Waals surface area contributed by atoms with Gasteiger partial charge >= 0.3 is 0 Å². The number of imide groups is 1. The molecule has 192 valence electrons. The van der Waals surface area contributed by atoms with Crippen LogP contribution in [0.2, 0.25) is 0 Å². The molecule has 1 saturated heterocycles. The summed E-state index contributed by atoms with van der Waals surface area (Å²) in [5.74, 6) is 1.99. The predicted octanol–water partition coefficient (Wildman–Crippen LogP) is 5.81. The van der Waals surface area contributed by atoms with E-state index in [-0.39, 0.29) is 35.5 Å². The molecule has 3 aromatic rings. The lowest BCUT2D eigenvalue weighted by molar-refractivity contribution is -0.140. The van der Waals surface area contributed by atoms with E-state index in [2.05, 4.69) is 64.1 Å². The average Bonchev–Trinajstić information content (AvgIpc) is 3.71. The van der Waals surface area contributed by atoms with Crippen LogP contribution in [0.5, 0.6) is 11.5 Å². The fourth-order valence-electron chi connectivity index (χ4n) is 6.81. The van der Waals surface area contributed by atoms with Gasteiger partial charge in [-0.3, -0.25) is 9.59 Å². The van der Waals surface area contributed by atoms with Gasteiger partial charge in [-0.05, 0) is 93.6 Å². The second-order valence-electron chi connectivity index (χ2n) is 10.6. The number of fused-ring (bicyclic) bond motifs is 1. The Labute approximate surface area is 234 Å². The molecule has 0 N–H and O–H groups in total. The lowest BCUT2D eigenvalue weighted by Crippen LogP contribution is -2.40. The van der Waals surface area contributed by atoms with E-state index in [0.717, 1.165) is 31.5 Å². The van der Waals surface area contributed by atoms with E-state index in [9.17, 15) is 9.59 Å². The van der Waals surface area contributed by atoms with Gasteiger partial charge < -0.3 is 9.47 Å². The number of allylic oxidation sites excluding steroid dienone is 2. The Hall–Kier alpha value is -3.20. The highest BCUT2D eigenvalue weighted by Gasteiger charge is 2.67. The molecule has 5 aliphatic rings. The number of hydrogen-bond acceptors (Lipinski definition) is 5. The van der Waals surface area contributed by atoms with Crippen molar-refractivity contribution >= 4 is 51.4 Å². The smallest absolute Gasteiger partial charge is 0.254 e. The summed E-state index contributed by atoms with van der Waals surface area (Å²) in [4.78, 5) is 26.5. The van der Waals surface area contributed by atoms with Gasteiger partial charge in [0.25, 0.3) is 11.8 Å². The fraction of sp³-hybridized carbons (Fsp3) is 0.323. The molecule has 1 heterocycles. The topological polar surface area (TPSA) is 68.2 Å². The van der Waals surface area contributed by atoms with Crippen molar-refractivity contribution in [2.24, 2.45) is 40.6 Å². The van der Waals surface area contributed by atoms with Crippen molar-refractivity contribution in [3.63, 3.8) is 0 Å². The summed E-state index contributed by atoms with van der Waals surface area (Å²) in [6.45, 7) is 2.81. The van der Waals surface area contributed by atoms with Crippen LogP contribution in [0.1, 0.15) is 24.5 Å². The first kappa shape index (κ1) is 23.9. The van der Waals surface area contributed by atoms with Crippen molar-refractivity contribution in [1.82, 2.24) is 5.01 Å². The van der Waals surface area contributed by atoms with E-state index in [1.165, 1.54) is 5.39 Å². The average molecular weight is 618 g/mol. The molecule has 4 aliphatic carbocycles. The van der Waals surface area contributed by atoms with Crippen LogP contribution in [0, 0.1) is 39.1 Å². The largest absolute Gasteiger partial charge is 0.490 e. The molecule has 2 amide bonds. The Kier molecular flexibility index (Phi) is 5.80. The van der Waals surface area contributed by atoms with Gasteiger partial charge in [0.1, 0.15) is 6.61 Å². The zero-order valence-corrected chi connectivity index (χ0v) is 23.1. The summed E-state index contributed by atoms with van der Waals surface area (Å²) in [6.07, 6.45) is 7.08. The number of amides is 2. The first-order valence-electron chi connectivity index (χ1n) is 13.2. The second-order valence-corrected chi connectivity index (χ2v) is 11.7. The molecule has 0 spiro atoms. The van der Waals surface area contributed by atoms with Crippen molar-refractivity contribution in [3.8, 4) is 11.5 Å². The monoisotopic (exact) mass is 618 g/mol. The van der Waals surface area contributed by atoms with Crippen molar-refractivity contribution in [2.45, 2.75) is 20.0 Å². The highest BCUT2D eigenvalue weighted by Crippen LogP contribution is 2.65. The minimum absolute atomic E-state index is 0.157. The molecule has 3 fully saturated rings. The van der Waals surface area contributed by atoms with Crippen LogP contribution >= 0.6 is 22.6 Å². The Balaban J connectivity index is 1.13. The summed E-state index contributed by atoms with van der Waals surface area (Å²) < 4.78 is 13.1. The lowest BCUT2D eigenvalue weighted by atomic mass is 9.63. The van der Waals surface area contributed by atoms with E-state index in [4.69, 9.17) is 9.47 Å². The van der Waals surface area contributed by atoms with Crippen molar-refractivity contribution < 1.29 is 19.1 Å². The summed E-state index contributed by atoms with van der Waals surface area (Å²) >= 11 is 2.23. The molecular weight excluding hydrogens is 591 g/mol. The highest BCUT2D eigenvalue weighted by atomic mass is 127. The van der Waals surface area contributed by atoms with Gasteiger partial charge in [0.05, 0.1) is 28.2 Å². The predicted molar refractivity (Wildman–Crippen MR) is 153 cm³/mol. The van der Waals surface area contributed by atoms with Gasteiger partial charge in [0, 0.05) is 0 Å². The maximum Gasteiger partial charge on any atom is 0.254 e. The van der Waals surface area contributed by atoms with Gasteiger partial charge in [-0.2, -0.15) is 10.1 Å². The highest BCUT2D eigenvalue weighted by molar-refractivity contribution is 14.1. The third-order valence-corrected chi connectivity index (χ3v) is 9.35. The van der Waals surface area contributed by atoms with Gasteiger partial charge in [-0.1, -0.05) is 54.6 Å². The molecule has 6 atom stereocenters. The van der Waals surface area contributed by atoms with E-state index in [0.29, 0.717) is 36.5 Å². The van der Waals surface area contributed by atoms with Gasteiger partial charge in [0.2, 0.25) is 0 Å². The fourth-order valence-corrected chi connectivity index (χ4v) is 7.59. The molecule has 1 aliphatic heterocycles. The first-order chi connectivity index (χ1) is 18.5. The minimum atomic E-state index is -0.248. The van der Waals surface area contributed by atoms with E-state index >= 15 is 0 Å². The standard InChI is InChI=1S/C31H27IN2O4/c1-2-37-26-13-17(12-25(32)29(26)38-16-19-8-5-7-18-6-3-4-9-20(18)19)15-33-34-30(35)27-21-10-11-22(24-14-23(21)24)28(27)31(34)36/h3-13,15,21-24,27-28H,2,14,16H2,1H3/b33-15-/t21-,22-,23-,24+,27+,28+/m0/s1. The normalized spacial score (nSPS) is 28.7. The summed E-state index contributed by atoms with van der Waals surface area (Å²) in [5.41, 5.74) is 1.84. The van der Waals surface area contributed by atoms with Crippen molar-refractivity contribution in [2.75, 3.05) is 6.61 Å². The number of carbonyl (C=O) groups excluding carboxylic acids is 2. The number of hydrogen-bond donors (Lipinski definition) is 0. The Morgan fingerprint density at radius 1 is 0.974 bits per heavy atom. The van der Waals surface area contributed by atoms with Gasteiger partial charge in [-0.25, -0.2) is 0 Å². The molecule has 2 saturated carbocycles. The second kappa shape index (κ2) is 9.22. The van der Waals surface area contributed by atoms with Crippen molar-refractivity contribution in [3.05, 3.63) is 81.4 Å². The molecule has 6 nitrogen and oxygen atoms in total. The Morgan fingerprint density at radius 3 is 2.42 bits per heavy atom. The van der Waals surface area contributed by atoms with Gasteiger partial charge in [0.15, 0.2) is 11.5 Å². The Bertz CT molecular complexity index is 1490. The molecule has 2 bridgehead atoms. The number of carbonyl (C=O) groups is 2. The van der Waals surface area contributed by atoms with Crippen LogP contribution in [0.25, 0.3) is 10.8 Å². The molecule has 38 heavy (non-hydrogen) atoms. The molecule has 0 radical (unpaired) electrons. The van der Waals surface area contributed by atoms with Crippen LogP contribution in [-0.2, 0) is 16.2 Å². The maximum atomic E-state index is 13.2. The number of rotatable bonds is 7. The number of halogens is 1. The zero-order chi connectivity index (χ0) is 26.0.